The van der Waals surface area contributed by atoms with Crippen LogP contribution in [0.2, 0.25) is 0 Å². The highest BCUT2D eigenvalue weighted by Crippen LogP contribution is 2.35. The van der Waals surface area contributed by atoms with Crippen molar-refractivity contribution >= 4 is 11.7 Å². The predicted octanol–water partition coefficient (Wildman–Crippen LogP) is 0.272. The number of fused-ring (bicyclic) bond motifs is 1. The van der Waals surface area contributed by atoms with Gasteiger partial charge >= 0.3 is 6.29 Å². The Hall–Kier alpha value is -2.04. The summed E-state index contributed by atoms with van der Waals surface area (Å²) >= 11 is 0. The Balaban J connectivity index is 2.31. The molecule has 1 atom stereocenters. The van der Waals surface area contributed by atoms with E-state index in [1.165, 1.54) is 19.1 Å². The average Bonchev–Trinajstić information content (AvgIpc) is 2.59. The molecule has 0 spiro atoms. The lowest BCUT2D eigenvalue weighted by Crippen LogP contribution is -2.35. The fourth-order valence-corrected chi connectivity index (χ4v) is 1.22. The average molecular weight is 206 g/mol. The highest BCUT2D eigenvalue weighted by atomic mass is 16.7. The summed E-state index contributed by atoms with van der Waals surface area (Å²) < 4.78 is 10.2. The van der Waals surface area contributed by atoms with Gasteiger partial charge in [0.25, 0.3) is 5.91 Å². The Morgan fingerprint density at radius 3 is 2.67 bits per heavy atom. The smallest absolute Gasteiger partial charge is 0.321 e. The molecule has 0 fully saturated rings. The maximum Gasteiger partial charge on any atom is 0.321 e. The molecule has 5 nitrogen and oxygen atoms in total. The van der Waals surface area contributed by atoms with Crippen LogP contribution in [-0.2, 0) is 4.79 Å². The fraction of sp³-hybridized carbons (Fsp3) is 0.200. The van der Waals surface area contributed by atoms with E-state index in [4.69, 9.17) is 15.2 Å². The molecule has 2 N–H and O–H groups in total. The van der Waals surface area contributed by atoms with Crippen LogP contribution in [0.1, 0.15) is 17.3 Å². The number of ketones is 1. The molecule has 15 heavy (non-hydrogen) atoms. The maximum atomic E-state index is 11.0. The molecule has 1 aliphatic heterocycles. The highest BCUT2D eigenvalue weighted by molar-refractivity contribution is 5.94. The maximum absolute atomic E-state index is 11.0. The third kappa shape index (κ3) is 1.63. The number of hydrogen-bond acceptors (Lipinski definition) is 4. The van der Waals surface area contributed by atoms with Gasteiger partial charge < -0.3 is 15.2 Å². The monoisotopic (exact) mass is 206 g/mol. The zero-order valence-corrected chi connectivity index (χ0v) is 7.94. The largest absolute Gasteiger partial charge is 0.442 e. The third-order valence-electron chi connectivity index (χ3n) is 1.96. The van der Waals surface area contributed by atoms with E-state index in [1.807, 2.05) is 0 Å². The van der Waals surface area contributed by atoms with Crippen molar-refractivity contribution in [1.82, 2.24) is 0 Å². The van der Waals surface area contributed by atoms with Crippen molar-refractivity contribution in [1.29, 1.82) is 0 Å². The van der Waals surface area contributed by atoms with Gasteiger partial charge in [0.05, 0.1) is 0 Å². The molecular weight excluding hydrogens is 198 g/mol. The summed E-state index contributed by atoms with van der Waals surface area (Å²) in [5.74, 6) is -0.147. The predicted molar refractivity (Wildman–Crippen MR) is 49.5 cm³/mol. The van der Waals surface area contributed by atoms with Crippen LogP contribution in [0.15, 0.2) is 12.1 Å². The molecule has 1 aliphatic rings. The Bertz CT molecular complexity index is 441. The summed E-state index contributed by atoms with van der Waals surface area (Å²) in [6.45, 7) is 1.42. The summed E-state index contributed by atoms with van der Waals surface area (Å²) in [6.07, 6.45) is -1.12. The first kappa shape index (κ1) is 9.51. The molecule has 1 aromatic rings. The number of carbonyl (C=O) groups is 2. The number of primary amides is 1. The van der Waals surface area contributed by atoms with E-state index in [0.717, 1.165) is 0 Å². The van der Waals surface area contributed by atoms with Gasteiger partial charge in [0, 0.05) is 5.56 Å². The molecule has 1 amide bonds. The van der Waals surface area contributed by atoms with Crippen molar-refractivity contribution < 1.29 is 19.1 Å². The molecule has 1 heterocycles. The lowest BCUT2D eigenvalue weighted by atomic mass is 10.1. The van der Waals surface area contributed by atoms with Crippen molar-refractivity contribution in [3.63, 3.8) is 0 Å². The van der Waals surface area contributed by atoms with E-state index in [9.17, 15) is 9.59 Å². The van der Waals surface area contributed by atoms with Gasteiger partial charge in [-0.05, 0) is 25.1 Å². The number of amides is 1. The van der Waals surface area contributed by atoms with Gasteiger partial charge in [0.1, 0.15) is 0 Å². The van der Waals surface area contributed by atoms with Gasteiger partial charge in [-0.25, -0.2) is 0 Å². The van der Waals surface area contributed by atoms with Gasteiger partial charge in [0.2, 0.25) is 0 Å². The summed E-state index contributed by atoms with van der Waals surface area (Å²) in [7, 11) is 0. The molecule has 2 rings (SSSR count). The SMILES string of the molecule is CC(=O)c1[c]cc2c(c1)OC(C(N)=O)O2. The van der Waals surface area contributed by atoms with Crippen LogP contribution in [0.5, 0.6) is 11.5 Å². The molecule has 0 bridgehead atoms. The Labute approximate surface area is 85.8 Å². The first-order chi connectivity index (χ1) is 7.08. The topological polar surface area (TPSA) is 78.6 Å². The van der Waals surface area contributed by atoms with Gasteiger partial charge in [-0.15, -0.1) is 0 Å². The Morgan fingerprint density at radius 1 is 1.40 bits per heavy atom. The summed E-state index contributed by atoms with van der Waals surface area (Å²) in [5.41, 5.74) is 5.39. The van der Waals surface area contributed by atoms with Crippen LogP contribution in [0, 0.1) is 6.07 Å². The van der Waals surface area contributed by atoms with Crippen LogP contribution in [0.4, 0.5) is 0 Å². The second-order valence-corrected chi connectivity index (χ2v) is 3.10. The van der Waals surface area contributed by atoms with Gasteiger partial charge in [-0.3, -0.25) is 9.59 Å². The Morgan fingerprint density at radius 2 is 2.07 bits per heavy atom. The zero-order valence-electron chi connectivity index (χ0n) is 7.94. The minimum absolute atomic E-state index is 0.135. The number of nitrogens with two attached hydrogens (primary N) is 1. The molecule has 1 radical (unpaired) electrons. The molecule has 1 unspecified atom stereocenters. The molecule has 0 saturated heterocycles. The zero-order chi connectivity index (χ0) is 11.0. The van der Waals surface area contributed by atoms with Crippen LogP contribution >= 0.6 is 0 Å². The molecule has 1 aromatic carbocycles. The number of carbonyl (C=O) groups excluding carboxylic acids is 2. The lowest BCUT2D eigenvalue weighted by molar-refractivity contribution is -0.133. The third-order valence-corrected chi connectivity index (χ3v) is 1.96. The quantitative estimate of drug-likeness (QED) is 0.704. The lowest BCUT2D eigenvalue weighted by Gasteiger charge is -2.03. The van der Waals surface area contributed by atoms with Crippen molar-refractivity contribution in [2.24, 2.45) is 5.73 Å². The molecular formula is C10H8NO4. The van der Waals surface area contributed by atoms with Gasteiger partial charge in [-0.2, -0.15) is 0 Å². The Kier molecular flexibility index (Phi) is 2.07. The first-order valence-corrected chi connectivity index (χ1v) is 4.27. The molecule has 0 saturated carbocycles. The van der Waals surface area contributed by atoms with E-state index in [1.54, 1.807) is 0 Å². The normalized spacial score (nSPS) is 17.5. The second kappa shape index (κ2) is 3.27. The van der Waals surface area contributed by atoms with E-state index < -0.39 is 12.2 Å². The number of ether oxygens (including phenoxy) is 2. The minimum Gasteiger partial charge on any atom is -0.442 e. The van der Waals surface area contributed by atoms with Crippen LogP contribution in [-0.4, -0.2) is 18.0 Å². The standard InChI is InChI=1S/C10H8NO4/c1-5(12)6-2-3-7-8(4-6)15-10(14-7)9(11)13/h3-4,10H,1H3,(H2,11,13). The van der Waals surface area contributed by atoms with E-state index in [2.05, 4.69) is 6.07 Å². The van der Waals surface area contributed by atoms with Crippen molar-refractivity contribution in [3.8, 4) is 11.5 Å². The second-order valence-electron chi connectivity index (χ2n) is 3.10. The minimum atomic E-state index is -1.12. The van der Waals surface area contributed by atoms with E-state index in [0.29, 0.717) is 17.1 Å². The number of benzene rings is 1. The van der Waals surface area contributed by atoms with Crippen LogP contribution in [0.25, 0.3) is 0 Å². The summed E-state index contributed by atoms with van der Waals surface area (Å²) in [5, 5.41) is 0. The fourth-order valence-electron chi connectivity index (χ4n) is 1.22. The van der Waals surface area contributed by atoms with Crippen LogP contribution < -0.4 is 15.2 Å². The van der Waals surface area contributed by atoms with E-state index in [-0.39, 0.29) is 5.78 Å². The summed E-state index contributed by atoms with van der Waals surface area (Å²) in [6, 6.07) is 5.65. The van der Waals surface area contributed by atoms with Gasteiger partial charge in [-0.1, -0.05) is 0 Å². The highest BCUT2D eigenvalue weighted by Gasteiger charge is 2.29. The van der Waals surface area contributed by atoms with Crippen LogP contribution in [0.3, 0.4) is 0 Å². The first-order valence-electron chi connectivity index (χ1n) is 4.27. The number of Topliss-reactive ketones (excluding diaryl/α,β-unsaturated/α-hetero) is 1. The molecule has 5 heteroatoms. The van der Waals surface area contributed by atoms with Crippen molar-refractivity contribution in [3.05, 3.63) is 23.8 Å². The number of rotatable bonds is 2. The molecule has 0 aromatic heterocycles. The van der Waals surface area contributed by atoms with Crippen molar-refractivity contribution in [2.45, 2.75) is 13.2 Å². The molecule has 0 aliphatic carbocycles. The van der Waals surface area contributed by atoms with Gasteiger partial charge in [0.15, 0.2) is 17.3 Å². The summed E-state index contributed by atoms with van der Waals surface area (Å²) in [4.78, 5) is 21.8. The van der Waals surface area contributed by atoms with Crippen molar-refractivity contribution in [2.75, 3.05) is 0 Å². The number of hydrogen-bond donors (Lipinski definition) is 1. The molecule has 77 valence electrons. The van der Waals surface area contributed by atoms with E-state index >= 15 is 0 Å².